The quantitative estimate of drug-likeness (QED) is 0.702. The molecule has 1 unspecified atom stereocenters. The molecule has 0 amide bonds. The van der Waals surface area contributed by atoms with Crippen molar-refractivity contribution in [2.75, 3.05) is 6.61 Å². The average Bonchev–Trinajstić information content (AvgIpc) is 2.47. The smallest absolute Gasteiger partial charge is 0.123 e. The van der Waals surface area contributed by atoms with Gasteiger partial charge in [0.05, 0.1) is 0 Å². The number of halogens is 1. The number of rotatable bonds is 1. The summed E-state index contributed by atoms with van der Waals surface area (Å²) in [6, 6.07) is 3.13. The Kier molecular flexibility index (Phi) is 2.08. The normalized spacial score (nSPS) is 20.4. The fraction of sp³-hybridized carbons (Fsp3) is 0.455. The summed E-state index contributed by atoms with van der Waals surface area (Å²) in [7, 11) is 0. The van der Waals surface area contributed by atoms with Crippen LogP contribution in [0.15, 0.2) is 12.1 Å². The van der Waals surface area contributed by atoms with E-state index in [1.807, 2.05) is 6.92 Å². The minimum atomic E-state index is -0.184. The van der Waals surface area contributed by atoms with Crippen molar-refractivity contribution in [3.8, 4) is 0 Å². The van der Waals surface area contributed by atoms with Gasteiger partial charge >= 0.3 is 0 Å². The number of aryl methyl sites for hydroxylation is 1. The molecule has 1 aromatic rings. The number of aliphatic hydroxyl groups excluding tert-OH is 1. The molecule has 13 heavy (non-hydrogen) atoms. The third-order valence-corrected chi connectivity index (χ3v) is 2.88. The summed E-state index contributed by atoms with van der Waals surface area (Å²) < 4.78 is 13.1. The standard InChI is InChI=1S/C11H13FO/c1-7-4-9(12)5-11-8(6-13)2-3-10(7)11/h4-5,8,13H,2-3,6H2,1H3. The van der Waals surface area contributed by atoms with Crippen molar-refractivity contribution in [3.05, 3.63) is 34.6 Å². The molecule has 2 rings (SSSR count). The Morgan fingerprint density at radius 3 is 3.00 bits per heavy atom. The van der Waals surface area contributed by atoms with E-state index in [1.54, 1.807) is 12.1 Å². The lowest BCUT2D eigenvalue weighted by Gasteiger charge is -2.08. The van der Waals surface area contributed by atoms with Gasteiger partial charge in [0.1, 0.15) is 5.82 Å². The van der Waals surface area contributed by atoms with Crippen LogP contribution in [0.25, 0.3) is 0 Å². The highest BCUT2D eigenvalue weighted by atomic mass is 19.1. The summed E-state index contributed by atoms with van der Waals surface area (Å²) in [5.74, 6) is -0.0269. The first kappa shape index (κ1) is 8.70. The van der Waals surface area contributed by atoms with Crippen molar-refractivity contribution in [1.29, 1.82) is 0 Å². The second-order valence-corrected chi connectivity index (χ2v) is 3.71. The predicted octanol–water partition coefficient (Wildman–Crippen LogP) is 2.16. The van der Waals surface area contributed by atoms with Gasteiger partial charge < -0.3 is 5.11 Å². The van der Waals surface area contributed by atoms with E-state index < -0.39 is 0 Å². The molecule has 0 fully saturated rings. The fourth-order valence-electron chi connectivity index (χ4n) is 2.17. The summed E-state index contributed by atoms with van der Waals surface area (Å²) in [6.45, 7) is 2.07. The van der Waals surface area contributed by atoms with Crippen LogP contribution in [0.3, 0.4) is 0 Å². The lowest BCUT2D eigenvalue weighted by atomic mass is 9.99. The largest absolute Gasteiger partial charge is 0.396 e. The van der Waals surface area contributed by atoms with Gasteiger partial charge in [0, 0.05) is 12.5 Å². The van der Waals surface area contributed by atoms with Crippen molar-refractivity contribution in [1.82, 2.24) is 0 Å². The van der Waals surface area contributed by atoms with Gasteiger partial charge in [-0.15, -0.1) is 0 Å². The number of benzene rings is 1. The van der Waals surface area contributed by atoms with Crippen LogP contribution in [0.2, 0.25) is 0 Å². The van der Waals surface area contributed by atoms with E-state index in [4.69, 9.17) is 5.11 Å². The Labute approximate surface area is 77.2 Å². The van der Waals surface area contributed by atoms with E-state index in [-0.39, 0.29) is 18.3 Å². The van der Waals surface area contributed by atoms with Gasteiger partial charge in [-0.1, -0.05) is 0 Å². The molecule has 1 aliphatic rings. The monoisotopic (exact) mass is 180 g/mol. The maximum Gasteiger partial charge on any atom is 0.123 e. The molecule has 0 heterocycles. The molecule has 1 aromatic carbocycles. The molecular formula is C11H13FO. The third-order valence-electron chi connectivity index (χ3n) is 2.88. The van der Waals surface area contributed by atoms with Gasteiger partial charge in [-0.2, -0.15) is 0 Å². The second-order valence-electron chi connectivity index (χ2n) is 3.71. The van der Waals surface area contributed by atoms with Crippen LogP contribution in [0.1, 0.15) is 29.0 Å². The first-order valence-corrected chi connectivity index (χ1v) is 4.62. The minimum Gasteiger partial charge on any atom is -0.396 e. The van der Waals surface area contributed by atoms with Crippen LogP contribution in [0.5, 0.6) is 0 Å². The summed E-state index contributed by atoms with van der Waals surface area (Å²) >= 11 is 0. The molecule has 0 radical (unpaired) electrons. The molecule has 2 heteroatoms. The van der Waals surface area contributed by atoms with Crippen molar-refractivity contribution in [3.63, 3.8) is 0 Å². The lowest BCUT2D eigenvalue weighted by molar-refractivity contribution is 0.265. The maximum absolute atomic E-state index is 13.1. The van der Waals surface area contributed by atoms with E-state index >= 15 is 0 Å². The Hall–Kier alpha value is -0.890. The minimum absolute atomic E-state index is 0.135. The van der Waals surface area contributed by atoms with Gasteiger partial charge in [0.15, 0.2) is 0 Å². The highest BCUT2D eigenvalue weighted by molar-refractivity contribution is 5.41. The van der Waals surface area contributed by atoms with E-state index in [1.165, 1.54) is 5.56 Å². The lowest BCUT2D eigenvalue weighted by Crippen LogP contribution is -1.99. The molecule has 0 saturated heterocycles. The van der Waals surface area contributed by atoms with Crippen LogP contribution >= 0.6 is 0 Å². The van der Waals surface area contributed by atoms with E-state index in [0.717, 1.165) is 24.0 Å². The zero-order chi connectivity index (χ0) is 9.42. The first-order chi connectivity index (χ1) is 6.22. The van der Waals surface area contributed by atoms with Crippen LogP contribution in [-0.4, -0.2) is 11.7 Å². The van der Waals surface area contributed by atoms with Crippen LogP contribution < -0.4 is 0 Å². The Morgan fingerprint density at radius 2 is 2.31 bits per heavy atom. The first-order valence-electron chi connectivity index (χ1n) is 4.62. The Balaban J connectivity index is 2.51. The van der Waals surface area contributed by atoms with Crippen molar-refractivity contribution in [2.24, 2.45) is 0 Å². The van der Waals surface area contributed by atoms with Crippen molar-refractivity contribution < 1.29 is 9.50 Å². The zero-order valence-electron chi connectivity index (χ0n) is 7.68. The second kappa shape index (κ2) is 3.11. The molecule has 70 valence electrons. The molecular weight excluding hydrogens is 167 g/mol. The molecule has 0 aliphatic heterocycles. The SMILES string of the molecule is Cc1cc(F)cc2c1CCC2CO. The van der Waals surface area contributed by atoms with Gasteiger partial charge in [0.2, 0.25) is 0 Å². The molecule has 0 saturated carbocycles. The van der Waals surface area contributed by atoms with Crippen molar-refractivity contribution >= 4 is 0 Å². The van der Waals surface area contributed by atoms with Crippen LogP contribution in [-0.2, 0) is 6.42 Å². The van der Waals surface area contributed by atoms with E-state index in [0.29, 0.717) is 0 Å². The predicted molar refractivity (Wildman–Crippen MR) is 49.3 cm³/mol. The number of fused-ring (bicyclic) bond motifs is 1. The number of hydrogen-bond acceptors (Lipinski definition) is 1. The Morgan fingerprint density at radius 1 is 1.54 bits per heavy atom. The molecule has 0 bridgehead atoms. The average molecular weight is 180 g/mol. The molecule has 0 spiro atoms. The number of hydrogen-bond donors (Lipinski definition) is 1. The molecule has 1 aliphatic carbocycles. The van der Waals surface area contributed by atoms with Gasteiger partial charge in [0.25, 0.3) is 0 Å². The van der Waals surface area contributed by atoms with Gasteiger partial charge in [-0.25, -0.2) is 4.39 Å². The van der Waals surface area contributed by atoms with E-state index in [9.17, 15) is 4.39 Å². The van der Waals surface area contributed by atoms with Crippen molar-refractivity contribution in [2.45, 2.75) is 25.7 Å². The molecule has 1 N–H and O–H groups in total. The Bertz CT molecular complexity index is 333. The van der Waals surface area contributed by atoms with Crippen LogP contribution in [0, 0.1) is 12.7 Å². The highest BCUT2D eigenvalue weighted by Crippen LogP contribution is 2.34. The van der Waals surface area contributed by atoms with Gasteiger partial charge in [-0.05, 0) is 48.6 Å². The summed E-state index contributed by atoms with van der Waals surface area (Å²) in [4.78, 5) is 0. The number of aliphatic hydroxyl groups is 1. The summed E-state index contributed by atoms with van der Waals surface area (Å²) in [5, 5.41) is 9.07. The zero-order valence-corrected chi connectivity index (χ0v) is 7.68. The van der Waals surface area contributed by atoms with Crippen LogP contribution in [0.4, 0.5) is 4.39 Å². The maximum atomic E-state index is 13.1. The molecule has 0 aromatic heterocycles. The third kappa shape index (κ3) is 1.35. The summed E-state index contributed by atoms with van der Waals surface area (Å²) in [6.07, 6.45) is 1.93. The highest BCUT2D eigenvalue weighted by Gasteiger charge is 2.23. The molecule has 1 nitrogen and oxygen atoms in total. The van der Waals surface area contributed by atoms with E-state index in [2.05, 4.69) is 0 Å². The van der Waals surface area contributed by atoms with Gasteiger partial charge in [-0.3, -0.25) is 0 Å². The fourth-order valence-corrected chi connectivity index (χ4v) is 2.17. The summed E-state index contributed by atoms with van der Waals surface area (Å²) in [5.41, 5.74) is 3.27. The molecule has 1 atom stereocenters. The topological polar surface area (TPSA) is 20.2 Å².